The highest BCUT2D eigenvalue weighted by Crippen LogP contribution is 2.37. The number of fused-ring (bicyclic) bond motifs is 3. The van der Waals surface area contributed by atoms with Gasteiger partial charge in [-0.3, -0.25) is 4.79 Å². The molecule has 0 aromatic heterocycles. The zero-order valence-electron chi connectivity index (χ0n) is 31.5. The fraction of sp³-hybridized carbons (Fsp3) is 0.500. The van der Waals surface area contributed by atoms with Crippen LogP contribution in [0.1, 0.15) is 55.5 Å². The molecule has 4 aliphatic heterocycles. The summed E-state index contributed by atoms with van der Waals surface area (Å²) in [7, 11) is -4.21. The summed E-state index contributed by atoms with van der Waals surface area (Å²) in [6.07, 6.45) is -0.0978. The average Bonchev–Trinajstić information content (AvgIpc) is 4.00. The van der Waals surface area contributed by atoms with Gasteiger partial charge in [0.2, 0.25) is 23.6 Å². The Morgan fingerprint density at radius 1 is 0.929 bits per heavy atom. The smallest absolute Gasteiger partial charge is 0.407 e. The molecule has 0 unspecified atom stereocenters. The highest BCUT2D eigenvalue weighted by atomic mass is 32.2. The van der Waals surface area contributed by atoms with Gasteiger partial charge in [-0.25, -0.2) is 13.2 Å². The van der Waals surface area contributed by atoms with E-state index >= 15 is 0 Å². The minimum absolute atomic E-state index is 0.0162. The van der Waals surface area contributed by atoms with E-state index in [4.69, 9.17) is 33.2 Å². The van der Waals surface area contributed by atoms with E-state index in [1.807, 2.05) is 44.2 Å². The normalized spacial score (nSPS) is 20.8. The number of benzene rings is 3. The van der Waals surface area contributed by atoms with Crippen LogP contribution in [0.4, 0.5) is 4.79 Å². The van der Waals surface area contributed by atoms with Gasteiger partial charge in [0.15, 0.2) is 29.3 Å². The summed E-state index contributed by atoms with van der Waals surface area (Å²) < 4.78 is 68.8. The minimum atomic E-state index is -4.21. The van der Waals surface area contributed by atoms with Gasteiger partial charge in [-0.2, -0.15) is 4.31 Å². The summed E-state index contributed by atoms with van der Waals surface area (Å²) in [4.78, 5) is 26.1. The molecule has 16 heteroatoms. The van der Waals surface area contributed by atoms with Crippen LogP contribution in [0.15, 0.2) is 71.6 Å². The summed E-state index contributed by atoms with van der Waals surface area (Å²) in [5, 5.41) is 17.7. The van der Waals surface area contributed by atoms with E-state index in [0.29, 0.717) is 67.4 Å². The lowest BCUT2D eigenvalue weighted by Gasteiger charge is -2.35. The molecule has 3 aromatic carbocycles. The number of unbranched alkanes of at least 4 members (excludes halogenated alkanes) is 1. The zero-order valence-corrected chi connectivity index (χ0v) is 32.3. The molecule has 2 saturated heterocycles. The Kier molecular flexibility index (Phi) is 12.2. The van der Waals surface area contributed by atoms with Crippen molar-refractivity contribution in [2.45, 2.75) is 75.4 Å². The maximum atomic E-state index is 14.5. The lowest BCUT2D eigenvalue weighted by molar-refractivity contribution is -0.0907. The highest BCUT2D eigenvalue weighted by molar-refractivity contribution is 7.89. The van der Waals surface area contributed by atoms with Crippen molar-refractivity contribution in [3.8, 4) is 23.0 Å². The molecule has 5 atom stereocenters. The van der Waals surface area contributed by atoms with Crippen LogP contribution in [0.2, 0.25) is 0 Å². The molecule has 302 valence electrons. The van der Waals surface area contributed by atoms with Crippen LogP contribution in [-0.4, -0.2) is 101 Å². The number of aliphatic hydroxyl groups excluding tert-OH is 1. The Morgan fingerprint density at radius 3 is 2.41 bits per heavy atom. The van der Waals surface area contributed by atoms with Crippen molar-refractivity contribution in [2.24, 2.45) is 11.3 Å². The van der Waals surface area contributed by atoms with Crippen LogP contribution in [0.3, 0.4) is 0 Å². The van der Waals surface area contributed by atoms with E-state index < -0.39 is 46.1 Å². The van der Waals surface area contributed by atoms with Crippen molar-refractivity contribution >= 4 is 22.0 Å². The van der Waals surface area contributed by atoms with Crippen LogP contribution >= 0.6 is 0 Å². The molecule has 4 heterocycles. The quantitative estimate of drug-likeness (QED) is 0.166. The number of aliphatic hydroxyl groups is 1. The van der Waals surface area contributed by atoms with Gasteiger partial charge in [-0.15, -0.1) is 0 Å². The Bertz CT molecular complexity index is 1960. The number of sulfonamides is 1. The fourth-order valence-electron chi connectivity index (χ4n) is 7.42. The molecule has 3 N–H and O–H groups in total. The van der Waals surface area contributed by atoms with Crippen LogP contribution in [0.25, 0.3) is 0 Å². The number of carbonyl (C=O) groups excluding carboxylic acids is 2. The summed E-state index contributed by atoms with van der Waals surface area (Å²) >= 11 is 0. The van der Waals surface area contributed by atoms with Crippen molar-refractivity contribution in [1.82, 2.24) is 14.9 Å². The predicted octanol–water partition coefficient (Wildman–Crippen LogP) is 4.22. The third kappa shape index (κ3) is 9.49. The number of rotatable bonds is 17. The number of carbonyl (C=O) groups is 2. The molecular formula is C40H49N3O12S. The standard InChI is InChI=1S/C40H49N3O12S/c1-40(2,15-6-7-16-41-37(45)27-10-12-32-34(19-27)53-24-51-32)23-43(56(47,48)28-11-13-33-35(20-28)54-25-52-33)21-31(44)30(18-26-8-4-3-5-9-26)42-39(46)55-36-22-50-38-29(36)14-17-49-38/h3-5,8-13,19-20,29-31,36,38,44H,6-7,14-18,21-25H2,1-2H3,(H,41,45)(H,42,46)/t29-,30-,31+,36-,38+/m0/s1. The Labute approximate surface area is 326 Å². The van der Waals surface area contributed by atoms with Crippen molar-refractivity contribution in [3.63, 3.8) is 0 Å². The lowest BCUT2D eigenvalue weighted by atomic mass is 9.87. The molecule has 56 heavy (non-hydrogen) atoms. The number of hydrogen-bond donors (Lipinski definition) is 3. The second-order valence-corrected chi connectivity index (χ2v) is 17.2. The molecule has 0 radical (unpaired) electrons. The van der Waals surface area contributed by atoms with Crippen LogP contribution in [0.5, 0.6) is 23.0 Å². The fourth-order valence-corrected chi connectivity index (χ4v) is 9.08. The Hall–Kier alpha value is -4.61. The zero-order chi connectivity index (χ0) is 39.3. The van der Waals surface area contributed by atoms with Gasteiger partial charge in [0.1, 0.15) is 6.10 Å². The number of amides is 2. The third-order valence-corrected chi connectivity index (χ3v) is 12.3. The van der Waals surface area contributed by atoms with Crippen LogP contribution in [-0.2, 0) is 30.7 Å². The van der Waals surface area contributed by atoms with Gasteiger partial charge in [0.25, 0.3) is 5.91 Å². The number of alkyl carbamates (subject to hydrolysis) is 1. The molecule has 0 spiro atoms. The summed E-state index contributed by atoms with van der Waals surface area (Å²) in [6.45, 7) is 4.91. The number of ether oxygens (including phenoxy) is 7. The maximum Gasteiger partial charge on any atom is 0.407 e. The molecule has 0 aliphatic carbocycles. The van der Waals surface area contributed by atoms with Gasteiger partial charge < -0.3 is 48.9 Å². The molecule has 0 saturated carbocycles. The first-order valence-corrected chi connectivity index (χ1v) is 20.4. The van der Waals surface area contributed by atoms with E-state index in [-0.39, 0.29) is 56.4 Å². The Balaban J connectivity index is 1.03. The molecule has 0 bridgehead atoms. The third-order valence-electron chi connectivity index (χ3n) is 10.5. The van der Waals surface area contributed by atoms with Crippen molar-refractivity contribution in [1.29, 1.82) is 0 Å². The Morgan fingerprint density at radius 2 is 1.64 bits per heavy atom. The van der Waals surface area contributed by atoms with E-state index in [9.17, 15) is 23.1 Å². The summed E-state index contributed by atoms with van der Waals surface area (Å²) in [5.41, 5.74) is 0.741. The number of nitrogens with one attached hydrogen (secondary N) is 2. The largest absolute Gasteiger partial charge is 0.454 e. The maximum absolute atomic E-state index is 14.5. The average molecular weight is 796 g/mol. The van der Waals surface area contributed by atoms with Gasteiger partial charge in [-0.1, -0.05) is 50.6 Å². The van der Waals surface area contributed by atoms with Crippen molar-refractivity contribution < 1.29 is 56.3 Å². The molecular weight excluding hydrogens is 747 g/mol. The SMILES string of the molecule is CC(C)(CCCCNC(=O)c1ccc2c(c1)OCO2)CN(C[C@@H](O)[C@H](Cc1ccccc1)NC(=O)O[C@H]1CO[C@H]2OCC[C@H]21)S(=O)(=O)c1ccc2c(c1)OCO2. The topological polar surface area (TPSA) is 180 Å². The molecule has 2 amide bonds. The summed E-state index contributed by atoms with van der Waals surface area (Å²) in [5.74, 6) is 1.58. The van der Waals surface area contributed by atoms with E-state index in [1.165, 1.54) is 16.4 Å². The lowest BCUT2D eigenvalue weighted by Crippen LogP contribution is -2.52. The first-order valence-electron chi connectivity index (χ1n) is 19.0. The van der Waals surface area contributed by atoms with Crippen molar-refractivity contribution in [3.05, 3.63) is 77.9 Å². The summed E-state index contributed by atoms with van der Waals surface area (Å²) in [6, 6.07) is 17.9. The molecule has 15 nitrogen and oxygen atoms in total. The van der Waals surface area contributed by atoms with Gasteiger partial charge in [0, 0.05) is 31.3 Å². The second kappa shape index (κ2) is 17.3. The van der Waals surface area contributed by atoms with E-state index in [2.05, 4.69) is 10.6 Å². The van der Waals surface area contributed by atoms with Crippen LogP contribution in [0, 0.1) is 11.3 Å². The first-order chi connectivity index (χ1) is 26.9. The second-order valence-electron chi connectivity index (χ2n) is 15.2. The number of nitrogens with zero attached hydrogens (tertiary/aromatic N) is 1. The van der Waals surface area contributed by atoms with Crippen LogP contribution < -0.4 is 29.6 Å². The van der Waals surface area contributed by atoms with Gasteiger partial charge >= 0.3 is 6.09 Å². The molecule has 4 aliphatic rings. The monoisotopic (exact) mass is 795 g/mol. The van der Waals surface area contributed by atoms with Gasteiger partial charge in [0.05, 0.1) is 36.2 Å². The van der Waals surface area contributed by atoms with Crippen molar-refractivity contribution in [2.75, 3.05) is 46.4 Å². The minimum Gasteiger partial charge on any atom is -0.454 e. The van der Waals surface area contributed by atoms with E-state index in [0.717, 1.165) is 5.56 Å². The number of hydrogen-bond acceptors (Lipinski definition) is 12. The molecule has 7 rings (SSSR count). The van der Waals surface area contributed by atoms with Gasteiger partial charge in [-0.05, 0) is 67.0 Å². The first kappa shape index (κ1) is 39.6. The molecule has 3 aromatic rings. The predicted molar refractivity (Wildman–Crippen MR) is 201 cm³/mol. The van der Waals surface area contributed by atoms with E-state index in [1.54, 1.807) is 24.3 Å². The molecule has 2 fully saturated rings. The highest BCUT2D eigenvalue weighted by Gasteiger charge is 2.44.